The second-order valence-corrected chi connectivity index (χ2v) is 6.74. The lowest BCUT2D eigenvalue weighted by atomic mass is 9.93. The minimum Gasteiger partial charge on any atom is -0.481 e. The number of thiophene rings is 1. The topological polar surface area (TPSA) is 68.7 Å². The van der Waals surface area contributed by atoms with Crippen molar-refractivity contribution in [3.8, 4) is 0 Å². The Morgan fingerprint density at radius 1 is 1.36 bits per heavy atom. The molecule has 2 aromatic heterocycles. The van der Waals surface area contributed by atoms with Gasteiger partial charge in [-0.25, -0.2) is 0 Å². The molecule has 3 unspecified atom stereocenters. The predicted molar refractivity (Wildman–Crippen MR) is 95.2 cm³/mol. The van der Waals surface area contributed by atoms with Crippen molar-refractivity contribution in [2.75, 3.05) is 6.61 Å². The molecule has 2 aromatic rings. The van der Waals surface area contributed by atoms with Gasteiger partial charge >= 0.3 is 5.97 Å². The fourth-order valence-corrected chi connectivity index (χ4v) is 3.51. The first-order chi connectivity index (χ1) is 12.2. The first-order valence-electron chi connectivity index (χ1n) is 8.30. The van der Waals surface area contributed by atoms with Crippen molar-refractivity contribution in [2.24, 2.45) is 5.92 Å². The van der Waals surface area contributed by atoms with Gasteiger partial charge in [0.1, 0.15) is 0 Å². The lowest BCUT2D eigenvalue weighted by molar-refractivity contribution is -0.243. The molecule has 25 heavy (non-hydrogen) atoms. The third-order valence-corrected chi connectivity index (χ3v) is 4.82. The van der Waals surface area contributed by atoms with E-state index in [2.05, 4.69) is 4.98 Å². The van der Waals surface area contributed by atoms with Crippen molar-refractivity contribution in [3.63, 3.8) is 0 Å². The van der Waals surface area contributed by atoms with Crippen LogP contribution < -0.4 is 0 Å². The second kappa shape index (κ2) is 8.89. The summed E-state index contributed by atoms with van der Waals surface area (Å²) in [5, 5.41) is 12.7. The quantitative estimate of drug-likeness (QED) is 0.744. The summed E-state index contributed by atoms with van der Waals surface area (Å²) < 4.78 is 12.2. The van der Waals surface area contributed by atoms with Crippen LogP contribution in [0.4, 0.5) is 0 Å². The van der Waals surface area contributed by atoms with E-state index in [9.17, 15) is 4.79 Å². The standard InChI is InChI=1S/C19H21NO4S/c21-17(22)7-3-1-2-5-15-12-23-19(16-8-10-25-13-16)24-18(15)14-6-4-9-20-11-14/h1-2,4,6,8-11,13,15,18-19H,3,5,7,12H2,(H,21,22)/b2-1-. The Morgan fingerprint density at radius 3 is 3.00 bits per heavy atom. The number of carboxylic acids is 1. The zero-order valence-corrected chi connectivity index (χ0v) is 14.6. The van der Waals surface area contributed by atoms with Crippen LogP contribution in [0.5, 0.6) is 0 Å². The Hall–Kier alpha value is -2.02. The van der Waals surface area contributed by atoms with Gasteiger partial charge in [0.25, 0.3) is 0 Å². The van der Waals surface area contributed by atoms with Crippen LogP contribution in [0.1, 0.15) is 42.8 Å². The Balaban J connectivity index is 1.67. The number of ether oxygens (including phenoxy) is 2. The van der Waals surface area contributed by atoms with Crippen LogP contribution in [-0.4, -0.2) is 22.7 Å². The highest BCUT2D eigenvalue weighted by Crippen LogP contribution is 2.40. The molecular formula is C19H21NO4S. The van der Waals surface area contributed by atoms with E-state index < -0.39 is 5.97 Å². The predicted octanol–water partition coefficient (Wildman–Crippen LogP) is 4.36. The Kier molecular flexibility index (Phi) is 6.33. The van der Waals surface area contributed by atoms with E-state index in [0.29, 0.717) is 13.0 Å². The minimum atomic E-state index is -0.777. The molecule has 132 valence electrons. The number of pyridine rings is 1. The molecule has 5 nitrogen and oxygen atoms in total. The summed E-state index contributed by atoms with van der Waals surface area (Å²) in [6.45, 7) is 0.587. The van der Waals surface area contributed by atoms with Crippen molar-refractivity contribution >= 4 is 17.3 Å². The molecule has 0 aliphatic carbocycles. The molecule has 1 aliphatic rings. The molecular weight excluding hydrogens is 338 g/mol. The average molecular weight is 359 g/mol. The number of allylic oxidation sites excluding steroid dienone is 2. The Morgan fingerprint density at radius 2 is 2.28 bits per heavy atom. The first-order valence-corrected chi connectivity index (χ1v) is 9.24. The molecule has 3 rings (SSSR count). The number of carbonyl (C=O) groups is 1. The highest BCUT2D eigenvalue weighted by Gasteiger charge is 2.33. The molecule has 0 amide bonds. The van der Waals surface area contributed by atoms with Gasteiger partial charge in [-0.15, -0.1) is 0 Å². The van der Waals surface area contributed by atoms with Gasteiger partial charge in [0.05, 0.1) is 12.7 Å². The molecule has 6 heteroatoms. The summed E-state index contributed by atoms with van der Waals surface area (Å²) in [6, 6.07) is 5.95. The van der Waals surface area contributed by atoms with Gasteiger partial charge in [-0.05, 0) is 41.3 Å². The zero-order chi connectivity index (χ0) is 17.5. The van der Waals surface area contributed by atoms with Crippen LogP contribution in [0.2, 0.25) is 0 Å². The lowest BCUT2D eigenvalue weighted by Gasteiger charge is -2.36. The van der Waals surface area contributed by atoms with Gasteiger partial charge in [-0.1, -0.05) is 18.2 Å². The number of aromatic nitrogens is 1. The van der Waals surface area contributed by atoms with E-state index in [4.69, 9.17) is 14.6 Å². The summed E-state index contributed by atoms with van der Waals surface area (Å²) >= 11 is 1.62. The van der Waals surface area contributed by atoms with E-state index in [1.54, 1.807) is 17.5 Å². The number of nitrogens with zero attached hydrogens (tertiary/aromatic N) is 1. The summed E-state index contributed by atoms with van der Waals surface area (Å²) in [5.74, 6) is -0.610. The third kappa shape index (κ3) is 4.98. The summed E-state index contributed by atoms with van der Waals surface area (Å²) in [6.07, 6.45) is 8.53. The monoisotopic (exact) mass is 359 g/mol. The van der Waals surface area contributed by atoms with Gasteiger partial charge in [0.15, 0.2) is 6.29 Å². The van der Waals surface area contributed by atoms with Crippen molar-refractivity contribution in [1.29, 1.82) is 0 Å². The SMILES string of the molecule is O=C(O)CC/C=C\CC1COC(c2ccsc2)OC1c1cccnc1. The van der Waals surface area contributed by atoms with Gasteiger partial charge in [-0.3, -0.25) is 9.78 Å². The van der Waals surface area contributed by atoms with Crippen LogP contribution in [0.3, 0.4) is 0 Å². The molecule has 0 radical (unpaired) electrons. The number of hydrogen-bond donors (Lipinski definition) is 1. The van der Waals surface area contributed by atoms with E-state index in [-0.39, 0.29) is 24.7 Å². The molecule has 1 aliphatic heterocycles. The van der Waals surface area contributed by atoms with E-state index in [0.717, 1.165) is 17.5 Å². The highest BCUT2D eigenvalue weighted by atomic mass is 32.1. The smallest absolute Gasteiger partial charge is 0.303 e. The van der Waals surface area contributed by atoms with Gasteiger partial charge < -0.3 is 14.6 Å². The molecule has 3 heterocycles. The fraction of sp³-hybridized carbons (Fsp3) is 0.368. The van der Waals surface area contributed by atoms with E-state index >= 15 is 0 Å². The normalized spacial score (nSPS) is 23.8. The summed E-state index contributed by atoms with van der Waals surface area (Å²) in [5.41, 5.74) is 2.07. The van der Waals surface area contributed by atoms with Crippen molar-refractivity contribution in [3.05, 3.63) is 64.6 Å². The average Bonchev–Trinajstić information content (AvgIpc) is 3.17. The van der Waals surface area contributed by atoms with Gasteiger partial charge in [0, 0.05) is 30.3 Å². The van der Waals surface area contributed by atoms with Crippen LogP contribution in [0.25, 0.3) is 0 Å². The molecule has 1 saturated heterocycles. The largest absolute Gasteiger partial charge is 0.481 e. The lowest BCUT2D eigenvalue weighted by Crippen LogP contribution is -2.30. The molecule has 0 spiro atoms. The second-order valence-electron chi connectivity index (χ2n) is 5.96. The molecule has 3 atom stereocenters. The molecule has 0 saturated carbocycles. The van der Waals surface area contributed by atoms with Gasteiger partial charge in [0.2, 0.25) is 0 Å². The van der Waals surface area contributed by atoms with Crippen molar-refractivity contribution in [1.82, 2.24) is 4.98 Å². The van der Waals surface area contributed by atoms with E-state index in [1.807, 2.05) is 47.3 Å². The number of rotatable bonds is 7. The van der Waals surface area contributed by atoms with Crippen LogP contribution in [0, 0.1) is 5.92 Å². The molecule has 0 bridgehead atoms. The number of hydrogen-bond acceptors (Lipinski definition) is 5. The maximum absolute atomic E-state index is 10.6. The fourth-order valence-electron chi connectivity index (χ4n) is 2.85. The highest BCUT2D eigenvalue weighted by molar-refractivity contribution is 7.07. The number of carboxylic acid groups (broad SMARTS) is 1. The van der Waals surface area contributed by atoms with Crippen LogP contribution in [-0.2, 0) is 14.3 Å². The molecule has 0 aromatic carbocycles. The van der Waals surface area contributed by atoms with Crippen molar-refractivity contribution in [2.45, 2.75) is 31.7 Å². The summed E-state index contributed by atoms with van der Waals surface area (Å²) in [4.78, 5) is 14.8. The van der Waals surface area contributed by atoms with Crippen LogP contribution >= 0.6 is 11.3 Å². The maximum atomic E-state index is 10.6. The minimum absolute atomic E-state index is 0.100. The van der Waals surface area contributed by atoms with Crippen molar-refractivity contribution < 1.29 is 19.4 Å². The zero-order valence-electron chi connectivity index (χ0n) is 13.8. The maximum Gasteiger partial charge on any atom is 0.303 e. The van der Waals surface area contributed by atoms with Gasteiger partial charge in [-0.2, -0.15) is 11.3 Å². The third-order valence-electron chi connectivity index (χ3n) is 4.12. The Labute approximate surface area is 150 Å². The van der Waals surface area contributed by atoms with Crippen LogP contribution in [0.15, 0.2) is 53.5 Å². The van der Waals surface area contributed by atoms with E-state index in [1.165, 1.54) is 0 Å². The number of aliphatic carboxylic acids is 1. The first kappa shape index (κ1) is 17.8. The summed E-state index contributed by atoms with van der Waals surface area (Å²) in [7, 11) is 0. The Bertz CT molecular complexity index is 687. The molecule has 1 N–H and O–H groups in total. The molecule has 1 fully saturated rings.